The minimum Gasteiger partial charge on any atom is -0.508 e. The minimum atomic E-state index is -0.177. The number of aryl methyl sites for hydroxylation is 1. The third-order valence-electron chi connectivity index (χ3n) is 7.63. The number of piperidine rings is 1. The molecule has 0 atom stereocenters. The molecule has 3 aromatic rings. The summed E-state index contributed by atoms with van der Waals surface area (Å²) < 4.78 is 2.53. The normalized spacial score (nSPS) is 20.2. The Morgan fingerprint density at radius 3 is 2.61 bits per heavy atom. The first-order valence-corrected chi connectivity index (χ1v) is 12.1. The van der Waals surface area contributed by atoms with Gasteiger partial charge in [0.2, 0.25) is 0 Å². The first-order valence-electron chi connectivity index (χ1n) is 12.1. The van der Waals surface area contributed by atoms with Crippen LogP contribution in [-0.2, 0) is 11.4 Å². The fourth-order valence-electron chi connectivity index (χ4n) is 5.49. The van der Waals surface area contributed by atoms with E-state index in [1.165, 1.54) is 34.9 Å². The molecule has 1 spiro atoms. The molecule has 0 bridgehead atoms. The van der Waals surface area contributed by atoms with Crippen molar-refractivity contribution in [2.75, 3.05) is 13.1 Å². The Labute approximate surface area is 195 Å². The Balaban J connectivity index is 1.12. The Bertz CT molecular complexity index is 1240. The largest absolute Gasteiger partial charge is 0.508 e. The van der Waals surface area contributed by atoms with Gasteiger partial charge in [-0.3, -0.25) is 4.90 Å². The number of para-hydroxylation sites is 1. The van der Waals surface area contributed by atoms with Crippen LogP contribution in [0, 0.1) is 6.92 Å². The lowest BCUT2D eigenvalue weighted by atomic mass is 9.85. The lowest BCUT2D eigenvalue weighted by Crippen LogP contribution is -2.44. The van der Waals surface area contributed by atoms with Crippen LogP contribution >= 0.6 is 0 Å². The van der Waals surface area contributed by atoms with Gasteiger partial charge in [0, 0.05) is 62.1 Å². The molecule has 0 unspecified atom stereocenters. The van der Waals surface area contributed by atoms with Gasteiger partial charge >= 0.3 is 0 Å². The second-order valence-electron chi connectivity index (χ2n) is 10.1. The van der Waals surface area contributed by atoms with Crippen LogP contribution in [0.15, 0.2) is 60.4 Å². The average Bonchev–Trinajstić information content (AvgIpc) is 3.49. The molecule has 5 nitrogen and oxygen atoms in total. The number of nitrogens with zero attached hydrogens (tertiary/aromatic N) is 3. The number of aliphatic hydroxyl groups is 1. The highest BCUT2D eigenvalue weighted by Gasteiger charge is 2.42. The van der Waals surface area contributed by atoms with Crippen LogP contribution in [0.3, 0.4) is 0 Å². The van der Waals surface area contributed by atoms with Crippen molar-refractivity contribution >= 4 is 22.4 Å². The fourth-order valence-corrected chi connectivity index (χ4v) is 5.49. The van der Waals surface area contributed by atoms with Crippen LogP contribution in [0.1, 0.15) is 60.4 Å². The standard InChI is InChI=1S/C28H31N3O2/c1-19-4-3-5-25-23(18-31(27(19)25)24-10-11-24)17-30-14-12-28(13-15-30)16-26(29-33-28)22-8-6-21(7-9-22)20(2)32/h3-9,18,24,32H,2,10-17H2,1H3. The first kappa shape index (κ1) is 20.5. The quantitative estimate of drug-likeness (QED) is 0.496. The number of aliphatic hydroxyl groups excluding tert-OH is 1. The van der Waals surface area contributed by atoms with Crippen molar-refractivity contribution in [2.45, 2.75) is 57.2 Å². The zero-order chi connectivity index (χ0) is 22.6. The maximum atomic E-state index is 9.56. The van der Waals surface area contributed by atoms with E-state index >= 15 is 0 Å². The third kappa shape index (κ3) is 3.74. The van der Waals surface area contributed by atoms with E-state index in [2.05, 4.69) is 52.5 Å². The fraction of sp³-hybridized carbons (Fsp3) is 0.393. The minimum absolute atomic E-state index is 0.0883. The Morgan fingerprint density at radius 2 is 1.91 bits per heavy atom. The second-order valence-corrected chi connectivity index (χ2v) is 10.1. The molecule has 1 saturated heterocycles. The summed E-state index contributed by atoms with van der Waals surface area (Å²) in [6.45, 7) is 8.86. The van der Waals surface area contributed by atoms with Gasteiger partial charge in [-0.05, 0) is 36.5 Å². The summed E-state index contributed by atoms with van der Waals surface area (Å²) in [5.41, 5.74) is 6.87. The highest BCUT2D eigenvalue weighted by atomic mass is 16.7. The number of aromatic nitrogens is 1. The molecule has 5 heteroatoms. The number of hydrogen-bond acceptors (Lipinski definition) is 4. The third-order valence-corrected chi connectivity index (χ3v) is 7.63. The van der Waals surface area contributed by atoms with Crippen LogP contribution < -0.4 is 0 Å². The van der Waals surface area contributed by atoms with Gasteiger partial charge in [-0.25, -0.2) is 0 Å². The summed E-state index contributed by atoms with van der Waals surface area (Å²) in [5, 5.41) is 15.4. The Morgan fingerprint density at radius 1 is 1.15 bits per heavy atom. The number of likely N-dealkylation sites (tertiary alicyclic amines) is 1. The van der Waals surface area contributed by atoms with Gasteiger partial charge in [-0.2, -0.15) is 0 Å². The van der Waals surface area contributed by atoms with Gasteiger partial charge in [0.05, 0.1) is 11.2 Å². The molecule has 3 heterocycles. The average molecular weight is 442 g/mol. The van der Waals surface area contributed by atoms with Gasteiger partial charge in [-0.1, -0.05) is 54.2 Å². The van der Waals surface area contributed by atoms with E-state index in [9.17, 15) is 5.11 Å². The van der Waals surface area contributed by atoms with Crippen LogP contribution in [-0.4, -0.2) is 39.0 Å². The molecule has 2 fully saturated rings. The highest BCUT2D eigenvalue weighted by Crippen LogP contribution is 2.41. The summed E-state index contributed by atoms with van der Waals surface area (Å²) in [6, 6.07) is 15.2. The monoisotopic (exact) mass is 441 g/mol. The van der Waals surface area contributed by atoms with Crippen LogP contribution in [0.25, 0.3) is 16.7 Å². The SMILES string of the molecule is C=C(O)c1ccc(C2=NOC3(CCN(Cc4cn(C5CC5)c5c(C)cccc45)CC3)C2)cc1. The molecular weight excluding hydrogens is 410 g/mol. The van der Waals surface area contributed by atoms with Gasteiger partial charge in [0.1, 0.15) is 11.4 Å². The molecular formula is C28H31N3O2. The molecule has 2 aliphatic heterocycles. The summed E-state index contributed by atoms with van der Waals surface area (Å²) in [7, 11) is 0. The van der Waals surface area contributed by atoms with Gasteiger partial charge in [0.15, 0.2) is 0 Å². The van der Waals surface area contributed by atoms with Gasteiger partial charge in [-0.15, -0.1) is 0 Å². The highest BCUT2D eigenvalue weighted by molar-refractivity contribution is 6.01. The van der Waals surface area contributed by atoms with Crippen molar-refractivity contribution in [3.8, 4) is 0 Å². The van der Waals surface area contributed by atoms with E-state index < -0.39 is 0 Å². The van der Waals surface area contributed by atoms with Crippen molar-refractivity contribution in [1.82, 2.24) is 9.47 Å². The number of benzene rings is 2. The van der Waals surface area contributed by atoms with Crippen molar-refractivity contribution in [2.24, 2.45) is 5.16 Å². The van der Waals surface area contributed by atoms with E-state index in [-0.39, 0.29) is 11.4 Å². The predicted octanol–water partition coefficient (Wildman–Crippen LogP) is 5.97. The van der Waals surface area contributed by atoms with E-state index in [0.29, 0.717) is 6.04 Å². The molecule has 33 heavy (non-hydrogen) atoms. The number of rotatable bonds is 5. The van der Waals surface area contributed by atoms with Crippen molar-refractivity contribution < 1.29 is 9.94 Å². The molecule has 0 amide bonds. The molecule has 0 radical (unpaired) electrons. The zero-order valence-corrected chi connectivity index (χ0v) is 19.3. The molecule has 6 rings (SSSR count). The van der Waals surface area contributed by atoms with Crippen LogP contribution in [0.4, 0.5) is 0 Å². The predicted molar refractivity (Wildman–Crippen MR) is 133 cm³/mol. The summed E-state index contributed by atoms with van der Waals surface area (Å²) >= 11 is 0. The number of hydrogen-bond donors (Lipinski definition) is 1. The summed E-state index contributed by atoms with van der Waals surface area (Å²) in [6.07, 6.45) is 7.86. The smallest absolute Gasteiger partial charge is 0.145 e. The maximum Gasteiger partial charge on any atom is 0.145 e. The summed E-state index contributed by atoms with van der Waals surface area (Å²) in [5.74, 6) is 0.0883. The Kier molecular flexibility index (Phi) is 4.84. The van der Waals surface area contributed by atoms with E-state index in [1.54, 1.807) is 0 Å². The van der Waals surface area contributed by atoms with Crippen molar-refractivity contribution in [3.05, 3.63) is 77.5 Å². The van der Waals surface area contributed by atoms with E-state index in [4.69, 9.17) is 4.84 Å². The van der Waals surface area contributed by atoms with Crippen molar-refractivity contribution in [1.29, 1.82) is 0 Å². The number of oxime groups is 1. The van der Waals surface area contributed by atoms with Crippen LogP contribution in [0.2, 0.25) is 0 Å². The van der Waals surface area contributed by atoms with Gasteiger partial charge in [0.25, 0.3) is 0 Å². The molecule has 1 saturated carbocycles. The zero-order valence-electron chi connectivity index (χ0n) is 19.3. The topological polar surface area (TPSA) is 50.0 Å². The molecule has 170 valence electrons. The van der Waals surface area contributed by atoms with E-state index in [1.807, 2.05) is 24.3 Å². The van der Waals surface area contributed by atoms with E-state index in [0.717, 1.165) is 55.7 Å². The maximum absolute atomic E-state index is 9.56. The van der Waals surface area contributed by atoms with Crippen molar-refractivity contribution in [3.63, 3.8) is 0 Å². The molecule has 1 N–H and O–H groups in total. The van der Waals surface area contributed by atoms with Gasteiger partial charge < -0.3 is 14.5 Å². The Hall–Kier alpha value is -3.05. The molecule has 3 aliphatic rings. The van der Waals surface area contributed by atoms with Crippen LogP contribution in [0.5, 0.6) is 0 Å². The second kappa shape index (κ2) is 7.77. The lowest BCUT2D eigenvalue weighted by Gasteiger charge is -2.37. The number of fused-ring (bicyclic) bond motifs is 1. The molecule has 1 aliphatic carbocycles. The molecule has 2 aromatic carbocycles. The first-order chi connectivity index (χ1) is 16.0. The lowest BCUT2D eigenvalue weighted by molar-refractivity contribution is -0.0626. The molecule has 1 aromatic heterocycles. The summed E-state index contributed by atoms with van der Waals surface area (Å²) in [4.78, 5) is 8.62.